The number of halogens is 1. The maximum absolute atomic E-state index is 12.9. The van der Waals surface area contributed by atoms with Gasteiger partial charge >= 0.3 is 0 Å². The molecule has 2 aromatic rings. The SMILES string of the molecule is CN(Cc1ccco1)C(=O)[C@H]1OCC(=O)N(C)[C@@H]1c1ccc(Cl)cc1. The Morgan fingerprint density at radius 3 is 2.68 bits per heavy atom. The Morgan fingerprint density at radius 2 is 2.04 bits per heavy atom. The fourth-order valence-corrected chi connectivity index (χ4v) is 3.03. The van der Waals surface area contributed by atoms with Gasteiger partial charge in [-0.2, -0.15) is 0 Å². The molecule has 0 saturated carbocycles. The third-order valence-electron chi connectivity index (χ3n) is 4.29. The van der Waals surface area contributed by atoms with Gasteiger partial charge in [-0.05, 0) is 29.8 Å². The number of likely N-dealkylation sites (N-methyl/N-ethyl adjacent to an activating group) is 2. The summed E-state index contributed by atoms with van der Waals surface area (Å²) in [5.74, 6) is 0.299. The molecule has 2 atom stereocenters. The second-order valence-corrected chi connectivity index (χ2v) is 6.44. The van der Waals surface area contributed by atoms with Crippen LogP contribution in [0.5, 0.6) is 0 Å². The Balaban J connectivity index is 1.84. The molecule has 1 aliphatic rings. The van der Waals surface area contributed by atoms with Gasteiger partial charge in [0.1, 0.15) is 12.4 Å². The molecule has 3 rings (SSSR count). The molecule has 2 amide bonds. The van der Waals surface area contributed by atoms with Crippen molar-refractivity contribution in [2.75, 3.05) is 20.7 Å². The summed E-state index contributed by atoms with van der Waals surface area (Å²) in [4.78, 5) is 28.1. The van der Waals surface area contributed by atoms with Crippen LogP contribution in [-0.4, -0.2) is 48.4 Å². The van der Waals surface area contributed by atoms with E-state index in [1.54, 1.807) is 61.7 Å². The minimum Gasteiger partial charge on any atom is -0.467 e. The van der Waals surface area contributed by atoms with Crippen LogP contribution in [0, 0.1) is 0 Å². The molecule has 0 radical (unpaired) electrons. The highest BCUT2D eigenvalue weighted by molar-refractivity contribution is 6.30. The van der Waals surface area contributed by atoms with Gasteiger partial charge < -0.3 is 19.0 Å². The number of benzene rings is 1. The molecule has 0 unspecified atom stereocenters. The number of furan rings is 1. The van der Waals surface area contributed by atoms with Crippen LogP contribution in [0.3, 0.4) is 0 Å². The predicted octanol–water partition coefficient (Wildman–Crippen LogP) is 2.49. The lowest BCUT2D eigenvalue weighted by molar-refractivity contribution is -0.167. The summed E-state index contributed by atoms with van der Waals surface area (Å²) >= 11 is 5.95. The van der Waals surface area contributed by atoms with Crippen LogP contribution in [0.4, 0.5) is 0 Å². The van der Waals surface area contributed by atoms with Gasteiger partial charge in [-0.25, -0.2) is 0 Å². The van der Waals surface area contributed by atoms with Crippen LogP contribution in [0.2, 0.25) is 5.02 Å². The quantitative estimate of drug-likeness (QED) is 0.838. The Bertz CT molecular complexity index is 745. The van der Waals surface area contributed by atoms with Crippen LogP contribution < -0.4 is 0 Å². The van der Waals surface area contributed by atoms with Crippen molar-refractivity contribution >= 4 is 23.4 Å². The van der Waals surface area contributed by atoms with Crippen molar-refractivity contribution in [1.29, 1.82) is 0 Å². The summed E-state index contributed by atoms with van der Waals surface area (Å²) in [6.45, 7) is 0.211. The summed E-state index contributed by atoms with van der Waals surface area (Å²) in [7, 11) is 3.36. The number of nitrogens with zero attached hydrogens (tertiary/aromatic N) is 2. The smallest absolute Gasteiger partial charge is 0.254 e. The van der Waals surface area contributed by atoms with E-state index in [2.05, 4.69) is 0 Å². The molecular formula is C18H19ClN2O4. The van der Waals surface area contributed by atoms with Crippen molar-refractivity contribution in [3.63, 3.8) is 0 Å². The number of hydrogen-bond acceptors (Lipinski definition) is 4. The van der Waals surface area contributed by atoms with Gasteiger partial charge in [-0.3, -0.25) is 9.59 Å². The zero-order chi connectivity index (χ0) is 18.0. The van der Waals surface area contributed by atoms with Crippen molar-refractivity contribution in [1.82, 2.24) is 9.80 Å². The number of carbonyl (C=O) groups is 2. The first-order chi connectivity index (χ1) is 12.0. The lowest BCUT2D eigenvalue weighted by Gasteiger charge is -2.39. The van der Waals surface area contributed by atoms with E-state index in [0.717, 1.165) is 5.56 Å². The predicted molar refractivity (Wildman–Crippen MR) is 91.9 cm³/mol. The first-order valence-electron chi connectivity index (χ1n) is 7.87. The van der Waals surface area contributed by atoms with Crippen LogP contribution in [0.25, 0.3) is 0 Å². The zero-order valence-electron chi connectivity index (χ0n) is 14.0. The van der Waals surface area contributed by atoms with Gasteiger partial charge in [0.2, 0.25) is 5.91 Å². The molecular weight excluding hydrogens is 344 g/mol. The summed E-state index contributed by atoms with van der Waals surface area (Å²) in [5, 5.41) is 0.590. The fraction of sp³-hybridized carbons (Fsp3) is 0.333. The van der Waals surface area contributed by atoms with E-state index in [9.17, 15) is 9.59 Å². The van der Waals surface area contributed by atoms with Crippen LogP contribution in [0.15, 0.2) is 47.1 Å². The Morgan fingerprint density at radius 1 is 1.32 bits per heavy atom. The summed E-state index contributed by atoms with van der Waals surface area (Å²) < 4.78 is 10.9. The normalized spacial score (nSPS) is 20.6. The van der Waals surface area contributed by atoms with E-state index in [0.29, 0.717) is 17.3 Å². The maximum Gasteiger partial charge on any atom is 0.254 e. The molecule has 2 heterocycles. The third-order valence-corrected chi connectivity index (χ3v) is 4.54. The number of carbonyl (C=O) groups excluding carboxylic acids is 2. The van der Waals surface area contributed by atoms with Crippen LogP contribution >= 0.6 is 11.6 Å². The van der Waals surface area contributed by atoms with E-state index in [1.165, 1.54) is 4.90 Å². The number of morpholine rings is 1. The van der Waals surface area contributed by atoms with Crippen LogP contribution in [0.1, 0.15) is 17.4 Å². The fourth-order valence-electron chi connectivity index (χ4n) is 2.91. The van der Waals surface area contributed by atoms with E-state index < -0.39 is 12.1 Å². The summed E-state index contributed by atoms with van der Waals surface area (Å²) in [5.41, 5.74) is 0.796. The first-order valence-corrected chi connectivity index (χ1v) is 8.25. The largest absolute Gasteiger partial charge is 0.467 e. The second kappa shape index (κ2) is 7.29. The average Bonchev–Trinajstić information content (AvgIpc) is 3.10. The van der Waals surface area contributed by atoms with Gasteiger partial charge in [0.15, 0.2) is 6.10 Å². The van der Waals surface area contributed by atoms with Crippen molar-refractivity contribution in [3.8, 4) is 0 Å². The molecule has 1 aliphatic heterocycles. The molecule has 1 fully saturated rings. The minimum atomic E-state index is -0.788. The molecule has 1 aromatic carbocycles. The number of ether oxygens (including phenoxy) is 1. The third kappa shape index (κ3) is 3.70. The number of rotatable bonds is 4. The van der Waals surface area contributed by atoms with Gasteiger partial charge in [0.25, 0.3) is 5.91 Å². The summed E-state index contributed by atoms with van der Waals surface area (Å²) in [6.07, 6.45) is 0.775. The molecule has 132 valence electrons. The maximum atomic E-state index is 12.9. The topological polar surface area (TPSA) is 63.0 Å². The van der Waals surface area contributed by atoms with E-state index in [1.807, 2.05) is 0 Å². The monoisotopic (exact) mass is 362 g/mol. The molecule has 6 nitrogen and oxygen atoms in total. The van der Waals surface area contributed by atoms with E-state index in [4.69, 9.17) is 20.8 Å². The van der Waals surface area contributed by atoms with Crippen LogP contribution in [-0.2, 0) is 20.9 Å². The molecule has 7 heteroatoms. The van der Waals surface area contributed by atoms with Gasteiger partial charge in [0, 0.05) is 19.1 Å². The van der Waals surface area contributed by atoms with Gasteiger partial charge in [-0.15, -0.1) is 0 Å². The highest BCUT2D eigenvalue weighted by Gasteiger charge is 2.41. The Hall–Kier alpha value is -2.31. The molecule has 0 N–H and O–H groups in total. The lowest BCUT2D eigenvalue weighted by atomic mass is 9.97. The average molecular weight is 363 g/mol. The number of hydrogen-bond donors (Lipinski definition) is 0. The van der Waals surface area contributed by atoms with E-state index >= 15 is 0 Å². The Labute approximate surface area is 150 Å². The molecule has 1 saturated heterocycles. The van der Waals surface area contributed by atoms with Crippen molar-refractivity contribution in [3.05, 3.63) is 59.0 Å². The van der Waals surface area contributed by atoms with Gasteiger partial charge in [0.05, 0.1) is 18.8 Å². The number of amides is 2. The van der Waals surface area contributed by atoms with E-state index in [-0.39, 0.29) is 18.4 Å². The highest BCUT2D eigenvalue weighted by Crippen LogP contribution is 2.31. The van der Waals surface area contributed by atoms with Crippen molar-refractivity contribution in [2.45, 2.75) is 18.7 Å². The first kappa shape index (κ1) is 17.5. The standard InChI is InChI=1S/C18H19ClN2O4/c1-20(10-14-4-3-9-24-14)18(23)17-16(21(2)15(22)11-25-17)12-5-7-13(19)8-6-12/h3-9,16-17H,10-11H2,1-2H3/t16-,17+/m1/s1. The van der Waals surface area contributed by atoms with Crippen molar-refractivity contribution < 1.29 is 18.7 Å². The lowest BCUT2D eigenvalue weighted by Crippen LogP contribution is -2.53. The molecule has 0 aliphatic carbocycles. The molecule has 25 heavy (non-hydrogen) atoms. The Kier molecular flexibility index (Phi) is 5.11. The zero-order valence-corrected chi connectivity index (χ0v) is 14.8. The summed E-state index contributed by atoms with van der Waals surface area (Å²) in [6, 6.07) is 10.1. The second-order valence-electron chi connectivity index (χ2n) is 6.01. The highest BCUT2D eigenvalue weighted by atomic mass is 35.5. The molecule has 0 bridgehead atoms. The molecule has 1 aromatic heterocycles. The van der Waals surface area contributed by atoms with Crippen molar-refractivity contribution in [2.24, 2.45) is 0 Å². The molecule has 0 spiro atoms. The minimum absolute atomic E-state index is 0.119. The van der Waals surface area contributed by atoms with Gasteiger partial charge in [-0.1, -0.05) is 23.7 Å².